The van der Waals surface area contributed by atoms with E-state index >= 15 is 0 Å². The molecule has 17 heavy (non-hydrogen) atoms. The molecular weight excluding hydrogens is 210 g/mol. The summed E-state index contributed by atoms with van der Waals surface area (Å²) in [5, 5.41) is 10.8. The van der Waals surface area contributed by atoms with Gasteiger partial charge in [-0.2, -0.15) is 0 Å². The minimum absolute atomic E-state index is 0.250. The molecule has 0 radical (unpaired) electrons. The molecule has 1 atom stereocenters. The maximum atomic E-state index is 9.50. The average molecular weight is 229 g/mol. The molecule has 0 bridgehead atoms. The van der Waals surface area contributed by atoms with Gasteiger partial charge in [0, 0.05) is 30.7 Å². The van der Waals surface area contributed by atoms with Crippen LogP contribution in [0.5, 0.6) is 0 Å². The Labute approximate surface area is 102 Å². The minimum Gasteiger partial charge on any atom is -0.396 e. The molecule has 0 saturated heterocycles. The highest BCUT2D eigenvalue weighted by Crippen LogP contribution is 2.34. The van der Waals surface area contributed by atoms with Gasteiger partial charge in [0.1, 0.15) is 0 Å². The van der Waals surface area contributed by atoms with Crippen molar-refractivity contribution in [2.75, 3.05) is 6.61 Å². The number of hydrogen-bond donors (Lipinski definition) is 1. The van der Waals surface area contributed by atoms with Crippen molar-refractivity contribution in [2.24, 2.45) is 0 Å². The molecule has 1 aliphatic heterocycles. The van der Waals surface area contributed by atoms with Crippen molar-refractivity contribution in [3.63, 3.8) is 0 Å². The predicted octanol–water partition coefficient (Wildman–Crippen LogP) is 3.07. The topological polar surface area (TPSA) is 25.2 Å². The molecule has 2 heterocycles. The second-order valence-electron chi connectivity index (χ2n) is 4.98. The number of aromatic nitrogens is 1. The summed E-state index contributed by atoms with van der Waals surface area (Å²) in [4.78, 5) is 0. The summed E-state index contributed by atoms with van der Waals surface area (Å²) in [7, 11) is 0. The van der Waals surface area contributed by atoms with Crippen LogP contribution in [0.25, 0.3) is 10.9 Å². The molecule has 2 aromatic rings. The molecule has 90 valence electrons. The molecule has 1 N–H and O–H groups in total. The quantitative estimate of drug-likeness (QED) is 0.859. The summed E-state index contributed by atoms with van der Waals surface area (Å²) >= 11 is 0. The van der Waals surface area contributed by atoms with E-state index in [4.69, 9.17) is 0 Å². The van der Waals surface area contributed by atoms with Crippen LogP contribution >= 0.6 is 0 Å². The van der Waals surface area contributed by atoms with Crippen LogP contribution in [-0.4, -0.2) is 16.3 Å². The van der Waals surface area contributed by atoms with E-state index in [1.54, 1.807) is 0 Å². The van der Waals surface area contributed by atoms with Gasteiger partial charge in [0.05, 0.1) is 5.52 Å². The highest BCUT2D eigenvalue weighted by atomic mass is 16.3. The zero-order valence-corrected chi connectivity index (χ0v) is 10.3. The van der Waals surface area contributed by atoms with Crippen LogP contribution in [0.1, 0.15) is 36.8 Å². The Hall–Kier alpha value is -1.28. The lowest BCUT2D eigenvalue weighted by atomic mass is 9.95. The first kappa shape index (κ1) is 10.8. The van der Waals surface area contributed by atoms with Crippen LogP contribution in [0.2, 0.25) is 0 Å². The van der Waals surface area contributed by atoms with Gasteiger partial charge in [-0.25, -0.2) is 0 Å². The Morgan fingerprint density at radius 1 is 1.41 bits per heavy atom. The Kier molecular flexibility index (Phi) is 2.67. The zero-order chi connectivity index (χ0) is 11.8. The molecule has 0 spiro atoms. The molecule has 1 aliphatic rings. The molecule has 3 rings (SSSR count). The number of para-hydroxylation sites is 1. The lowest BCUT2D eigenvalue weighted by Gasteiger charge is -2.14. The number of rotatable bonds is 3. The van der Waals surface area contributed by atoms with Crippen molar-refractivity contribution in [2.45, 2.75) is 38.6 Å². The fourth-order valence-electron chi connectivity index (χ4n) is 3.06. The molecule has 1 aromatic heterocycles. The third kappa shape index (κ3) is 1.59. The van der Waals surface area contributed by atoms with Crippen molar-refractivity contribution < 1.29 is 5.11 Å². The predicted molar refractivity (Wildman–Crippen MR) is 70.4 cm³/mol. The maximum Gasteiger partial charge on any atom is 0.0515 e. The lowest BCUT2D eigenvalue weighted by Crippen LogP contribution is -2.05. The van der Waals surface area contributed by atoms with Gasteiger partial charge in [-0.05, 0) is 30.4 Å². The van der Waals surface area contributed by atoms with Crippen LogP contribution in [0.4, 0.5) is 0 Å². The Balaban J connectivity index is 2.24. The highest BCUT2D eigenvalue weighted by molar-refractivity contribution is 5.87. The van der Waals surface area contributed by atoms with E-state index in [2.05, 4.69) is 35.9 Å². The lowest BCUT2D eigenvalue weighted by molar-refractivity contribution is 0.263. The van der Waals surface area contributed by atoms with Gasteiger partial charge >= 0.3 is 0 Å². The van der Waals surface area contributed by atoms with Gasteiger partial charge in [-0.15, -0.1) is 0 Å². The molecule has 0 saturated carbocycles. The molecular formula is C15H19NO. The number of nitrogens with zero attached hydrogens (tertiary/aromatic N) is 1. The van der Waals surface area contributed by atoms with E-state index in [1.807, 2.05) is 0 Å². The summed E-state index contributed by atoms with van der Waals surface area (Å²) in [5.41, 5.74) is 4.20. The number of aliphatic hydroxyl groups is 1. The van der Waals surface area contributed by atoms with Crippen molar-refractivity contribution in [3.05, 3.63) is 35.5 Å². The SMILES string of the molecule is CCC(CO)c1cn2c3c(cccc13)CCC2. The van der Waals surface area contributed by atoms with Crippen LogP contribution in [0, 0.1) is 0 Å². The smallest absolute Gasteiger partial charge is 0.0515 e. The monoisotopic (exact) mass is 229 g/mol. The summed E-state index contributed by atoms with van der Waals surface area (Å²) in [5.74, 6) is 0.284. The molecule has 2 nitrogen and oxygen atoms in total. The Bertz CT molecular complexity index is 537. The standard InChI is InChI=1S/C15H19NO/c1-2-11(10-17)14-9-16-8-4-6-12-5-3-7-13(14)15(12)16/h3,5,7,9,11,17H,2,4,6,8,10H2,1H3. The van der Waals surface area contributed by atoms with Crippen LogP contribution in [-0.2, 0) is 13.0 Å². The van der Waals surface area contributed by atoms with Crippen molar-refractivity contribution >= 4 is 10.9 Å². The van der Waals surface area contributed by atoms with Crippen molar-refractivity contribution in [1.29, 1.82) is 0 Å². The largest absolute Gasteiger partial charge is 0.396 e. The van der Waals surface area contributed by atoms with E-state index in [0.29, 0.717) is 0 Å². The zero-order valence-electron chi connectivity index (χ0n) is 10.3. The minimum atomic E-state index is 0.250. The van der Waals surface area contributed by atoms with E-state index in [9.17, 15) is 5.11 Å². The first-order valence-corrected chi connectivity index (χ1v) is 6.56. The molecule has 0 fully saturated rings. The summed E-state index contributed by atoms with van der Waals surface area (Å²) in [6.45, 7) is 3.52. The second-order valence-corrected chi connectivity index (χ2v) is 4.98. The number of aryl methyl sites for hydroxylation is 2. The third-order valence-electron chi connectivity index (χ3n) is 4.01. The molecule has 1 unspecified atom stereocenters. The van der Waals surface area contributed by atoms with Gasteiger partial charge in [0.15, 0.2) is 0 Å². The number of hydrogen-bond acceptors (Lipinski definition) is 1. The average Bonchev–Trinajstić information content (AvgIpc) is 2.73. The summed E-state index contributed by atoms with van der Waals surface area (Å²) in [6, 6.07) is 6.59. The Morgan fingerprint density at radius 3 is 3.06 bits per heavy atom. The van der Waals surface area contributed by atoms with E-state index < -0.39 is 0 Å². The van der Waals surface area contributed by atoms with Crippen LogP contribution in [0.3, 0.4) is 0 Å². The molecule has 0 aliphatic carbocycles. The van der Waals surface area contributed by atoms with Crippen molar-refractivity contribution in [3.8, 4) is 0 Å². The maximum absolute atomic E-state index is 9.50. The normalized spacial score (nSPS) is 16.4. The van der Waals surface area contributed by atoms with Gasteiger partial charge in [0.25, 0.3) is 0 Å². The van der Waals surface area contributed by atoms with Crippen LogP contribution in [0.15, 0.2) is 24.4 Å². The van der Waals surface area contributed by atoms with Crippen molar-refractivity contribution in [1.82, 2.24) is 4.57 Å². The summed E-state index contributed by atoms with van der Waals surface area (Å²) in [6.07, 6.45) is 5.68. The van der Waals surface area contributed by atoms with Gasteiger partial charge in [0.2, 0.25) is 0 Å². The number of benzene rings is 1. The van der Waals surface area contributed by atoms with Gasteiger partial charge in [-0.3, -0.25) is 0 Å². The molecule has 2 heteroatoms. The first-order valence-electron chi connectivity index (χ1n) is 6.56. The van der Waals surface area contributed by atoms with E-state index in [-0.39, 0.29) is 12.5 Å². The molecule has 1 aromatic carbocycles. The first-order chi connectivity index (χ1) is 8.35. The van der Waals surface area contributed by atoms with E-state index in [0.717, 1.165) is 13.0 Å². The van der Waals surface area contributed by atoms with Gasteiger partial charge < -0.3 is 9.67 Å². The van der Waals surface area contributed by atoms with Crippen LogP contribution < -0.4 is 0 Å². The third-order valence-corrected chi connectivity index (χ3v) is 4.01. The second kappa shape index (κ2) is 4.19. The fraction of sp³-hybridized carbons (Fsp3) is 0.467. The van der Waals surface area contributed by atoms with E-state index in [1.165, 1.54) is 34.9 Å². The Morgan fingerprint density at radius 2 is 2.29 bits per heavy atom. The fourth-order valence-corrected chi connectivity index (χ4v) is 3.06. The van der Waals surface area contributed by atoms with Gasteiger partial charge in [-0.1, -0.05) is 25.1 Å². The summed E-state index contributed by atoms with van der Waals surface area (Å²) < 4.78 is 2.38. The number of aliphatic hydroxyl groups excluding tert-OH is 1. The molecule has 0 amide bonds. The highest BCUT2D eigenvalue weighted by Gasteiger charge is 2.19.